The van der Waals surface area contributed by atoms with Gasteiger partial charge in [0, 0.05) is 11.6 Å². The molecule has 0 spiro atoms. The van der Waals surface area contributed by atoms with Gasteiger partial charge in [0.1, 0.15) is 18.1 Å². The van der Waals surface area contributed by atoms with Crippen molar-refractivity contribution in [3.8, 4) is 28.4 Å². The first-order chi connectivity index (χ1) is 16.0. The number of hydrogen-bond acceptors (Lipinski definition) is 8. The van der Waals surface area contributed by atoms with E-state index in [1.807, 2.05) is 37.3 Å². The molecule has 174 valence electrons. The van der Waals surface area contributed by atoms with Gasteiger partial charge >= 0.3 is 11.6 Å². The maximum Gasteiger partial charge on any atom is 0.379 e. The number of hydrogen-bond donors (Lipinski definition) is 0. The molecule has 33 heavy (non-hydrogen) atoms. The summed E-state index contributed by atoms with van der Waals surface area (Å²) in [6.07, 6.45) is -0.336. The first-order valence-electron chi connectivity index (χ1n) is 10.2. The van der Waals surface area contributed by atoms with Crippen LogP contribution >= 0.6 is 0 Å². The lowest BCUT2D eigenvalue weighted by molar-refractivity contribution is 0.0205. The number of rotatable bonds is 10. The molecule has 0 aliphatic rings. The summed E-state index contributed by atoms with van der Waals surface area (Å²) in [4.78, 5) is 24.9. The number of carbonyl (C=O) groups excluding carboxylic acids is 1. The summed E-state index contributed by atoms with van der Waals surface area (Å²) in [5, 5.41) is 0. The minimum atomic E-state index is -0.837. The lowest BCUT2D eigenvalue weighted by atomic mass is 10.0. The summed E-state index contributed by atoms with van der Waals surface area (Å²) >= 11 is 0. The van der Waals surface area contributed by atoms with E-state index in [0.717, 1.165) is 5.56 Å². The van der Waals surface area contributed by atoms with Gasteiger partial charge in [-0.05, 0) is 24.6 Å². The van der Waals surface area contributed by atoms with Crippen LogP contribution in [0.5, 0.6) is 17.2 Å². The molecule has 0 saturated heterocycles. The Hall–Kier alpha value is -3.78. The molecule has 0 N–H and O–H groups in total. The van der Waals surface area contributed by atoms with Crippen molar-refractivity contribution in [3.63, 3.8) is 0 Å². The van der Waals surface area contributed by atoms with Crippen LogP contribution in [0.25, 0.3) is 11.1 Å². The number of carbonyl (C=O) groups is 1. The number of ether oxygens (including phenoxy) is 5. The normalized spacial score (nSPS) is 11.5. The summed E-state index contributed by atoms with van der Waals surface area (Å²) in [5.74, 6) is -0.317. The molecule has 0 saturated carbocycles. The Morgan fingerprint density at radius 3 is 2.24 bits per heavy atom. The van der Waals surface area contributed by atoms with Gasteiger partial charge in [0.05, 0.1) is 39.6 Å². The zero-order valence-corrected chi connectivity index (χ0v) is 19.0. The van der Waals surface area contributed by atoms with Gasteiger partial charge in [-0.3, -0.25) is 0 Å². The van der Waals surface area contributed by atoms with E-state index in [2.05, 4.69) is 0 Å². The smallest absolute Gasteiger partial charge is 0.379 e. The Balaban J connectivity index is 1.95. The molecule has 0 aliphatic carbocycles. The van der Waals surface area contributed by atoms with Gasteiger partial charge in [0.15, 0.2) is 0 Å². The van der Waals surface area contributed by atoms with Crippen LogP contribution in [-0.4, -0.2) is 40.0 Å². The maximum absolute atomic E-state index is 12.8. The molecular formula is C25H26O8. The fraction of sp³-hybridized carbons (Fsp3) is 0.280. The monoisotopic (exact) mass is 454 g/mol. The van der Waals surface area contributed by atoms with Gasteiger partial charge < -0.3 is 28.1 Å². The molecule has 0 radical (unpaired) electrons. The maximum atomic E-state index is 12.8. The van der Waals surface area contributed by atoms with Crippen LogP contribution in [0.1, 0.15) is 23.0 Å². The van der Waals surface area contributed by atoms with Crippen molar-refractivity contribution in [1.29, 1.82) is 0 Å². The largest absolute Gasteiger partial charge is 0.496 e. The first-order valence-corrected chi connectivity index (χ1v) is 10.2. The highest BCUT2D eigenvalue weighted by molar-refractivity contribution is 5.90. The van der Waals surface area contributed by atoms with E-state index < -0.39 is 11.6 Å². The molecule has 1 atom stereocenters. The first kappa shape index (κ1) is 23.9. The zero-order chi connectivity index (χ0) is 23.8. The summed E-state index contributed by atoms with van der Waals surface area (Å²) < 4.78 is 32.5. The fourth-order valence-corrected chi connectivity index (χ4v) is 3.18. The highest BCUT2D eigenvalue weighted by atomic mass is 16.6. The third-order valence-corrected chi connectivity index (χ3v) is 4.83. The van der Waals surface area contributed by atoms with Crippen LogP contribution in [-0.2, 0) is 16.1 Å². The second-order valence-corrected chi connectivity index (χ2v) is 7.09. The molecule has 8 nitrogen and oxygen atoms in total. The van der Waals surface area contributed by atoms with Crippen molar-refractivity contribution < 1.29 is 32.9 Å². The molecule has 0 amide bonds. The van der Waals surface area contributed by atoms with E-state index >= 15 is 0 Å². The molecule has 2 aromatic carbocycles. The predicted molar refractivity (Wildman–Crippen MR) is 121 cm³/mol. The van der Waals surface area contributed by atoms with E-state index in [-0.39, 0.29) is 29.8 Å². The molecule has 0 aliphatic heterocycles. The van der Waals surface area contributed by atoms with Gasteiger partial charge in [0.25, 0.3) is 0 Å². The van der Waals surface area contributed by atoms with Crippen LogP contribution in [0.4, 0.5) is 0 Å². The minimum absolute atomic E-state index is 0.0691. The standard InChI is InChI=1S/C25H26O8/c1-16(31-15-17-9-6-5-7-10-17)14-32-23-18(13-21(24(26)30-4)33-25(23)27)22-19(28-2)11-8-12-20(22)29-3/h5-13,16H,14-15H2,1-4H3/t16-/m1/s1. The van der Waals surface area contributed by atoms with Crippen molar-refractivity contribution in [2.24, 2.45) is 0 Å². The summed E-state index contributed by atoms with van der Waals surface area (Å²) in [5.41, 5.74) is 0.895. The molecule has 8 heteroatoms. The van der Waals surface area contributed by atoms with Gasteiger partial charge in [-0.2, -0.15) is 0 Å². The Morgan fingerprint density at radius 1 is 0.970 bits per heavy atom. The number of esters is 1. The van der Waals surface area contributed by atoms with Crippen molar-refractivity contribution in [2.75, 3.05) is 27.9 Å². The number of methoxy groups -OCH3 is 3. The zero-order valence-electron chi connectivity index (χ0n) is 19.0. The van der Waals surface area contributed by atoms with E-state index in [1.54, 1.807) is 18.2 Å². The highest BCUT2D eigenvalue weighted by Crippen LogP contribution is 2.42. The van der Waals surface area contributed by atoms with Gasteiger partial charge in [-0.25, -0.2) is 9.59 Å². The molecule has 1 aromatic heterocycles. The van der Waals surface area contributed by atoms with Crippen LogP contribution in [0.15, 0.2) is 63.8 Å². The van der Waals surface area contributed by atoms with Crippen molar-refractivity contribution in [1.82, 2.24) is 0 Å². The third-order valence-electron chi connectivity index (χ3n) is 4.83. The lowest BCUT2D eigenvalue weighted by Gasteiger charge is -2.18. The molecule has 3 rings (SSSR count). The summed E-state index contributed by atoms with van der Waals surface area (Å²) in [7, 11) is 4.18. The van der Waals surface area contributed by atoms with Gasteiger partial charge in [-0.15, -0.1) is 0 Å². The van der Waals surface area contributed by atoms with Crippen LogP contribution in [0.2, 0.25) is 0 Å². The number of benzene rings is 2. The van der Waals surface area contributed by atoms with E-state index in [9.17, 15) is 9.59 Å². The Labute approximate surface area is 191 Å². The average molecular weight is 454 g/mol. The SMILES string of the molecule is COC(=O)c1cc(-c2c(OC)cccc2OC)c(OC[C@@H](C)OCc2ccccc2)c(=O)o1. The van der Waals surface area contributed by atoms with Crippen molar-refractivity contribution >= 4 is 5.97 Å². The summed E-state index contributed by atoms with van der Waals surface area (Å²) in [6, 6.07) is 16.2. The van der Waals surface area contributed by atoms with Crippen molar-refractivity contribution in [2.45, 2.75) is 19.6 Å². The Morgan fingerprint density at radius 2 is 1.64 bits per heavy atom. The molecule has 0 unspecified atom stereocenters. The van der Waals surface area contributed by atoms with E-state index in [4.69, 9.17) is 28.1 Å². The molecule has 0 bridgehead atoms. The third kappa shape index (κ3) is 5.72. The molecular weight excluding hydrogens is 428 g/mol. The quantitative estimate of drug-likeness (QED) is 0.423. The van der Waals surface area contributed by atoms with Crippen LogP contribution < -0.4 is 19.8 Å². The average Bonchev–Trinajstić information content (AvgIpc) is 2.85. The van der Waals surface area contributed by atoms with E-state index in [1.165, 1.54) is 27.4 Å². The van der Waals surface area contributed by atoms with Crippen LogP contribution in [0, 0.1) is 0 Å². The Kier molecular flexibility index (Phi) is 8.10. The second kappa shape index (κ2) is 11.2. The topological polar surface area (TPSA) is 93.4 Å². The summed E-state index contributed by atoms with van der Waals surface area (Å²) in [6.45, 7) is 2.30. The van der Waals surface area contributed by atoms with Crippen molar-refractivity contribution in [3.05, 3.63) is 76.3 Å². The minimum Gasteiger partial charge on any atom is -0.496 e. The lowest BCUT2D eigenvalue weighted by Crippen LogP contribution is -2.21. The fourth-order valence-electron chi connectivity index (χ4n) is 3.18. The highest BCUT2D eigenvalue weighted by Gasteiger charge is 2.24. The van der Waals surface area contributed by atoms with Gasteiger partial charge in [0.2, 0.25) is 11.5 Å². The molecule has 3 aromatic rings. The predicted octanol–water partition coefficient (Wildman–Crippen LogP) is 4.09. The Bertz CT molecular complexity index is 1110. The second-order valence-electron chi connectivity index (χ2n) is 7.09. The molecule has 0 fully saturated rings. The van der Waals surface area contributed by atoms with Gasteiger partial charge in [-0.1, -0.05) is 36.4 Å². The molecule has 1 heterocycles. The van der Waals surface area contributed by atoms with Crippen LogP contribution in [0.3, 0.4) is 0 Å². The van der Waals surface area contributed by atoms with E-state index in [0.29, 0.717) is 23.7 Å².